The van der Waals surface area contributed by atoms with Gasteiger partial charge >= 0.3 is 0 Å². The molecule has 1 aromatic heterocycles. The van der Waals surface area contributed by atoms with Crippen LogP contribution >= 0.6 is 22.6 Å². The van der Waals surface area contributed by atoms with Crippen molar-refractivity contribution in [2.24, 2.45) is 5.10 Å². The quantitative estimate of drug-likeness (QED) is 0.258. The molecule has 1 heterocycles. The van der Waals surface area contributed by atoms with E-state index in [1.54, 1.807) is 6.21 Å². The summed E-state index contributed by atoms with van der Waals surface area (Å²) in [4.78, 5) is 15.6. The lowest BCUT2D eigenvalue weighted by Gasteiger charge is -2.19. The summed E-state index contributed by atoms with van der Waals surface area (Å²) in [6.07, 6.45) is 1.76. The largest absolute Gasteiger partial charge is 0.350 e. The van der Waals surface area contributed by atoms with Gasteiger partial charge in [-0.25, -0.2) is 5.43 Å². The lowest BCUT2D eigenvalue weighted by atomic mass is 10.2. The van der Waals surface area contributed by atoms with Gasteiger partial charge in [0.1, 0.15) is 0 Å². The van der Waals surface area contributed by atoms with Gasteiger partial charge in [0.2, 0.25) is 17.8 Å². The molecular formula is C21H24IN7. The number of benzene rings is 2. The van der Waals surface area contributed by atoms with Crippen LogP contribution in [0.1, 0.15) is 25.0 Å². The molecule has 3 aromatic rings. The molecule has 0 bridgehead atoms. The predicted octanol–water partition coefficient (Wildman–Crippen LogP) is 4.38. The van der Waals surface area contributed by atoms with E-state index < -0.39 is 0 Å². The van der Waals surface area contributed by atoms with Crippen molar-refractivity contribution in [3.05, 3.63) is 69.3 Å². The number of rotatable bonds is 9. The fourth-order valence-electron chi connectivity index (χ4n) is 2.66. The van der Waals surface area contributed by atoms with Gasteiger partial charge in [0.25, 0.3) is 0 Å². The van der Waals surface area contributed by atoms with Gasteiger partial charge in [-0.2, -0.15) is 20.1 Å². The van der Waals surface area contributed by atoms with Gasteiger partial charge in [-0.05, 0) is 48.1 Å². The second-order valence-electron chi connectivity index (χ2n) is 6.19. The minimum Gasteiger partial charge on any atom is -0.350 e. The van der Waals surface area contributed by atoms with Gasteiger partial charge in [0.15, 0.2) is 0 Å². The fraction of sp³-hybridized carbons (Fsp3) is 0.238. The summed E-state index contributed by atoms with van der Waals surface area (Å²) in [5.41, 5.74) is 5.12. The van der Waals surface area contributed by atoms with E-state index >= 15 is 0 Å². The zero-order valence-corrected chi connectivity index (χ0v) is 18.7. The lowest BCUT2D eigenvalue weighted by Crippen LogP contribution is -2.25. The van der Waals surface area contributed by atoms with Crippen molar-refractivity contribution in [2.75, 3.05) is 28.7 Å². The average Bonchev–Trinajstić information content (AvgIpc) is 2.75. The second-order valence-corrected chi connectivity index (χ2v) is 7.35. The minimum absolute atomic E-state index is 0.402. The van der Waals surface area contributed by atoms with Crippen LogP contribution in [-0.4, -0.2) is 34.3 Å². The number of hydrogen-bond donors (Lipinski definition) is 2. The molecule has 0 aliphatic rings. The van der Waals surface area contributed by atoms with Crippen LogP contribution in [0, 0.1) is 3.57 Å². The third-order valence-electron chi connectivity index (χ3n) is 4.24. The van der Waals surface area contributed by atoms with Crippen molar-refractivity contribution in [3.8, 4) is 0 Å². The number of nitrogens with zero attached hydrogens (tertiary/aromatic N) is 5. The first-order chi connectivity index (χ1) is 14.2. The molecule has 0 radical (unpaired) electrons. The monoisotopic (exact) mass is 501 g/mol. The third-order valence-corrected chi connectivity index (χ3v) is 5.22. The molecule has 2 aromatic carbocycles. The topological polar surface area (TPSA) is 78.3 Å². The maximum atomic E-state index is 4.57. The van der Waals surface area contributed by atoms with Gasteiger partial charge in [0.05, 0.1) is 6.21 Å². The van der Waals surface area contributed by atoms with E-state index in [0.29, 0.717) is 24.4 Å². The number of aromatic nitrogens is 3. The number of hydrazone groups is 1. The summed E-state index contributed by atoms with van der Waals surface area (Å²) in [6.45, 7) is 6.40. The number of nitrogens with one attached hydrogen (secondary N) is 2. The maximum absolute atomic E-state index is 4.57. The van der Waals surface area contributed by atoms with E-state index in [0.717, 1.165) is 27.8 Å². The highest BCUT2D eigenvalue weighted by molar-refractivity contribution is 14.1. The molecule has 0 saturated carbocycles. The van der Waals surface area contributed by atoms with Crippen LogP contribution in [0.15, 0.2) is 59.7 Å². The molecule has 2 N–H and O–H groups in total. The molecule has 150 valence electrons. The van der Waals surface area contributed by atoms with Crippen molar-refractivity contribution >= 4 is 46.7 Å². The Bertz CT molecular complexity index is 943. The van der Waals surface area contributed by atoms with Crippen LogP contribution in [0.4, 0.5) is 17.8 Å². The Labute approximate surface area is 184 Å². The molecule has 0 amide bonds. The minimum atomic E-state index is 0.402. The van der Waals surface area contributed by atoms with E-state index in [1.165, 1.54) is 0 Å². The highest BCUT2D eigenvalue weighted by atomic mass is 127. The van der Waals surface area contributed by atoms with E-state index in [9.17, 15) is 0 Å². The van der Waals surface area contributed by atoms with Crippen molar-refractivity contribution < 1.29 is 0 Å². The zero-order chi connectivity index (χ0) is 20.5. The normalized spacial score (nSPS) is 10.9. The van der Waals surface area contributed by atoms with Crippen LogP contribution in [-0.2, 0) is 6.54 Å². The molecule has 0 atom stereocenters. The molecule has 0 aliphatic carbocycles. The van der Waals surface area contributed by atoms with E-state index in [-0.39, 0.29) is 0 Å². The first-order valence-corrected chi connectivity index (χ1v) is 10.6. The Kier molecular flexibility index (Phi) is 7.74. The number of halogens is 1. The molecular weight excluding hydrogens is 477 g/mol. The Morgan fingerprint density at radius 3 is 2.34 bits per heavy atom. The van der Waals surface area contributed by atoms with Crippen LogP contribution in [0.25, 0.3) is 0 Å². The Morgan fingerprint density at radius 2 is 1.62 bits per heavy atom. The summed E-state index contributed by atoms with van der Waals surface area (Å²) in [7, 11) is 0. The standard InChI is InChI=1S/C21H24IN7/c1-3-29(4-2)21-26-19(23-14-16-10-6-5-7-11-16)25-20(27-21)28-24-15-17-12-8-9-13-18(17)22/h5-13,15H,3-4,14H2,1-2H3,(H2,23,25,26,27,28)/b24-15-. The molecule has 8 heteroatoms. The highest BCUT2D eigenvalue weighted by Crippen LogP contribution is 2.15. The molecule has 0 fully saturated rings. The highest BCUT2D eigenvalue weighted by Gasteiger charge is 2.11. The average molecular weight is 501 g/mol. The Morgan fingerprint density at radius 1 is 0.931 bits per heavy atom. The van der Waals surface area contributed by atoms with E-state index in [1.807, 2.05) is 42.5 Å². The van der Waals surface area contributed by atoms with Crippen molar-refractivity contribution in [1.29, 1.82) is 0 Å². The summed E-state index contributed by atoms with van der Waals surface area (Å²) in [5.74, 6) is 1.53. The van der Waals surface area contributed by atoms with Crippen LogP contribution in [0.5, 0.6) is 0 Å². The summed E-state index contributed by atoms with van der Waals surface area (Å²) in [5, 5.41) is 7.59. The smallest absolute Gasteiger partial charge is 0.250 e. The van der Waals surface area contributed by atoms with Gasteiger partial charge in [-0.15, -0.1) is 0 Å². The SMILES string of the molecule is CCN(CC)c1nc(NCc2ccccc2)nc(N/N=C\c2ccccc2I)n1. The van der Waals surface area contributed by atoms with Crippen LogP contribution < -0.4 is 15.6 Å². The van der Waals surface area contributed by atoms with E-state index in [2.05, 4.69) is 84.3 Å². The molecule has 3 rings (SSSR count). The molecule has 29 heavy (non-hydrogen) atoms. The molecule has 7 nitrogen and oxygen atoms in total. The Hall–Kier alpha value is -2.75. The van der Waals surface area contributed by atoms with Crippen LogP contribution in [0.3, 0.4) is 0 Å². The first-order valence-electron chi connectivity index (χ1n) is 9.52. The van der Waals surface area contributed by atoms with Crippen LogP contribution in [0.2, 0.25) is 0 Å². The zero-order valence-electron chi connectivity index (χ0n) is 16.5. The maximum Gasteiger partial charge on any atom is 0.250 e. The van der Waals surface area contributed by atoms with Crippen molar-refractivity contribution in [1.82, 2.24) is 15.0 Å². The molecule has 0 saturated heterocycles. The second kappa shape index (κ2) is 10.7. The fourth-order valence-corrected chi connectivity index (χ4v) is 3.18. The lowest BCUT2D eigenvalue weighted by molar-refractivity contribution is 0.812. The first kappa shape index (κ1) is 21.0. The third kappa shape index (κ3) is 6.11. The van der Waals surface area contributed by atoms with Crippen molar-refractivity contribution in [3.63, 3.8) is 0 Å². The number of hydrogen-bond acceptors (Lipinski definition) is 7. The van der Waals surface area contributed by atoms with Gasteiger partial charge in [0, 0.05) is 28.8 Å². The van der Waals surface area contributed by atoms with Gasteiger partial charge in [-0.1, -0.05) is 48.5 Å². The Balaban J connectivity index is 1.79. The molecule has 0 spiro atoms. The van der Waals surface area contributed by atoms with Gasteiger partial charge < -0.3 is 10.2 Å². The summed E-state index contributed by atoms with van der Waals surface area (Å²) in [6, 6.07) is 18.2. The molecule has 0 unspecified atom stereocenters. The summed E-state index contributed by atoms with van der Waals surface area (Å²) < 4.78 is 1.13. The predicted molar refractivity (Wildman–Crippen MR) is 128 cm³/mol. The molecule has 0 aliphatic heterocycles. The van der Waals surface area contributed by atoms with Gasteiger partial charge in [-0.3, -0.25) is 0 Å². The summed E-state index contributed by atoms with van der Waals surface area (Å²) >= 11 is 2.28. The number of anilines is 3. The van der Waals surface area contributed by atoms with E-state index in [4.69, 9.17) is 0 Å². The van der Waals surface area contributed by atoms with Crippen molar-refractivity contribution in [2.45, 2.75) is 20.4 Å².